The molecular formula is C15H15ClN2O3. The fraction of sp³-hybridized carbons (Fsp3) is 0.200. The van der Waals surface area contributed by atoms with Gasteiger partial charge in [-0.3, -0.25) is 10.1 Å². The number of methoxy groups -OCH3 is 1. The lowest BCUT2D eigenvalue weighted by Gasteiger charge is -2.13. The fourth-order valence-electron chi connectivity index (χ4n) is 2.11. The second kappa shape index (κ2) is 6.45. The van der Waals surface area contributed by atoms with E-state index in [-0.39, 0.29) is 5.69 Å². The summed E-state index contributed by atoms with van der Waals surface area (Å²) in [7, 11) is 1.56. The Bertz CT molecular complexity index is 674. The molecule has 2 rings (SSSR count). The van der Waals surface area contributed by atoms with Crippen LogP contribution >= 0.6 is 11.6 Å². The minimum absolute atomic E-state index is 0.0426. The zero-order valence-corrected chi connectivity index (χ0v) is 12.5. The molecule has 1 N–H and O–H groups in total. The third-order valence-electron chi connectivity index (χ3n) is 3.19. The minimum Gasteiger partial charge on any atom is -0.496 e. The first kappa shape index (κ1) is 15.1. The number of nitrogens with one attached hydrogen (secondary N) is 1. The van der Waals surface area contributed by atoms with E-state index in [4.69, 9.17) is 16.3 Å². The number of hydrogen-bond acceptors (Lipinski definition) is 4. The highest BCUT2D eigenvalue weighted by atomic mass is 35.5. The molecule has 6 heteroatoms. The predicted molar refractivity (Wildman–Crippen MR) is 83.2 cm³/mol. The molecule has 0 unspecified atom stereocenters. The molecule has 0 spiro atoms. The SMILES string of the molecule is COc1cccc(Cl)c1CNc1c(C)cccc1[N+](=O)[O-]. The Morgan fingerprint density at radius 1 is 1.29 bits per heavy atom. The topological polar surface area (TPSA) is 64.4 Å². The number of halogens is 1. The molecular weight excluding hydrogens is 292 g/mol. The van der Waals surface area contributed by atoms with E-state index in [1.165, 1.54) is 6.07 Å². The van der Waals surface area contributed by atoms with Gasteiger partial charge in [0.15, 0.2) is 0 Å². The monoisotopic (exact) mass is 306 g/mol. The van der Waals surface area contributed by atoms with Crippen LogP contribution in [0, 0.1) is 17.0 Å². The van der Waals surface area contributed by atoms with Crippen LogP contribution in [-0.2, 0) is 6.54 Å². The average molecular weight is 307 g/mol. The maximum Gasteiger partial charge on any atom is 0.292 e. The van der Waals surface area contributed by atoms with Gasteiger partial charge in [-0.05, 0) is 24.6 Å². The molecule has 0 fully saturated rings. The number of nitro benzene ring substituents is 1. The largest absolute Gasteiger partial charge is 0.496 e. The average Bonchev–Trinajstić information content (AvgIpc) is 2.46. The molecule has 2 aromatic carbocycles. The number of anilines is 1. The van der Waals surface area contributed by atoms with Crippen molar-refractivity contribution in [3.05, 3.63) is 62.7 Å². The van der Waals surface area contributed by atoms with Gasteiger partial charge in [0.1, 0.15) is 11.4 Å². The van der Waals surface area contributed by atoms with Gasteiger partial charge in [-0.2, -0.15) is 0 Å². The van der Waals surface area contributed by atoms with Crippen molar-refractivity contribution < 1.29 is 9.66 Å². The summed E-state index contributed by atoms with van der Waals surface area (Å²) in [5, 5.41) is 14.7. The van der Waals surface area contributed by atoms with Gasteiger partial charge in [0, 0.05) is 23.2 Å². The molecule has 0 radical (unpaired) electrons. The summed E-state index contributed by atoms with van der Waals surface area (Å²) in [6, 6.07) is 10.3. The van der Waals surface area contributed by atoms with Crippen molar-refractivity contribution in [2.45, 2.75) is 13.5 Å². The highest BCUT2D eigenvalue weighted by Crippen LogP contribution is 2.31. The normalized spacial score (nSPS) is 10.2. The van der Waals surface area contributed by atoms with Crippen molar-refractivity contribution in [1.29, 1.82) is 0 Å². The summed E-state index contributed by atoms with van der Waals surface area (Å²) in [6.45, 7) is 2.16. The van der Waals surface area contributed by atoms with Crippen LogP contribution in [0.1, 0.15) is 11.1 Å². The standard InChI is InChI=1S/C15H15ClN2O3/c1-10-5-3-7-13(18(19)20)15(10)17-9-11-12(16)6-4-8-14(11)21-2/h3-8,17H,9H2,1-2H3. The summed E-state index contributed by atoms with van der Waals surface area (Å²) in [5.41, 5.74) is 2.10. The lowest BCUT2D eigenvalue weighted by molar-refractivity contribution is -0.384. The molecule has 0 aromatic heterocycles. The molecule has 0 aliphatic rings. The number of benzene rings is 2. The lowest BCUT2D eigenvalue weighted by atomic mass is 10.1. The van der Waals surface area contributed by atoms with Gasteiger partial charge in [0.05, 0.1) is 12.0 Å². The molecule has 5 nitrogen and oxygen atoms in total. The van der Waals surface area contributed by atoms with Crippen LogP contribution < -0.4 is 10.1 Å². The smallest absolute Gasteiger partial charge is 0.292 e. The Hall–Kier alpha value is -2.27. The number of nitro groups is 1. The van der Waals surface area contributed by atoms with Gasteiger partial charge >= 0.3 is 0 Å². The van der Waals surface area contributed by atoms with Crippen molar-refractivity contribution in [1.82, 2.24) is 0 Å². The highest BCUT2D eigenvalue weighted by molar-refractivity contribution is 6.31. The maximum absolute atomic E-state index is 11.1. The third kappa shape index (κ3) is 3.25. The molecule has 0 aliphatic carbocycles. The van der Waals surface area contributed by atoms with Gasteiger partial charge in [0.25, 0.3) is 5.69 Å². The number of para-hydroxylation sites is 1. The zero-order valence-electron chi connectivity index (χ0n) is 11.7. The first-order valence-corrected chi connectivity index (χ1v) is 6.71. The molecule has 2 aromatic rings. The molecule has 0 heterocycles. The van der Waals surface area contributed by atoms with Gasteiger partial charge in [-0.1, -0.05) is 29.8 Å². The molecule has 0 saturated heterocycles. The van der Waals surface area contributed by atoms with Gasteiger partial charge in [-0.15, -0.1) is 0 Å². The quantitative estimate of drug-likeness (QED) is 0.665. The Labute approximate surface area is 127 Å². The van der Waals surface area contributed by atoms with Gasteiger partial charge in [0.2, 0.25) is 0 Å². The predicted octanol–water partition coefficient (Wildman–Crippen LogP) is 4.18. The van der Waals surface area contributed by atoms with Crippen LogP contribution in [0.4, 0.5) is 11.4 Å². The van der Waals surface area contributed by atoms with Crippen LogP contribution in [0.2, 0.25) is 5.02 Å². The van der Waals surface area contributed by atoms with Crippen LogP contribution in [0.15, 0.2) is 36.4 Å². The fourth-order valence-corrected chi connectivity index (χ4v) is 2.35. The van der Waals surface area contributed by atoms with Crippen molar-refractivity contribution in [3.8, 4) is 5.75 Å². The first-order valence-electron chi connectivity index (χ1n) is 6.34. The van der Waals surface area contributed by atoms with Gasteiger partial charge < -0.3 is 10.1 Å². The molecule has 0 bridgehead atoms. The summed E-state index contributed by atoms with van der Waals surface area (Å²) in [4.78, 5) is 10.7. The van der Waals surface area contributed by atoms with E-state index in [0.717, 1.165) is 11.1 Å². The first-order chi connectivity index (χ1) is 10.0. The van der Waals surface area contributed by atoms with Crippen molar-refractivity contribution in [2.75, 3.05) is 12.4 Å². The van der Waals surface area contributed by atoms with E-state index in [2.05, 4.69) is 5.32 Å². The van der Waals surface area contributed by atoms with Crippen molar-refractivity contribution in [2.24, 2.45) is 0 Å². The van der Waals surface area contributed by atoms with Gasteiger partial charge in [-0.25, -0.2) is 0 Å². The Kier molecular flexibility index (Phi) is 4.65. The van der Waals surface area contributed by atoms with Crippen LogP contribution in [0.3, 0.4) is 0 Å². The number of rotatable bonds is 5. The molecule has 110 valence electrons. The maximum atomic E-state index is 11.1. The summed E-state index contributed by atoms with van der Waals surface area (Å²) < 4.78 is 5.26. The van der Waals surface area contributed by atoms with Crippen molar-refractivity contribution >= 4 is 23.0 Å². The van der Waals surface area contributed by atoms with Crippen LogP contribution in [0.5, 0.6) is 5.75 Å². The van der Waals surface area contributed by atoms with E-state index in [0.29, 0.717) is 23.0 Å². The number of ether oxygens (including phenoxy) is 1. The number of hydrogen-bond donors (Lipinski definition) is 1. The van der Waals surface area contributed by atoms with E-state index in [1.807, 2.05) is 13.0 Å². The highest BCUT2D eigenvalue weighted by Gasteiger charge is 2.16. The number of nitrogens with zero attached hydrogens (tertiary/aromatic N) is 1. The number of aryl methyl sites for hydroxylation is 1. The molecule has 21 heavy (non-hydrogen) atoms. The summed E-state index contributed by atoms with van der Waals surface area (Å²) in [5.74, 6) is 0.645. The van der Waals surface area contributed by atoms with E-state index in [1.54, 1.807) is 31.4 Å². The molecule has 0 amide bonds. The third-order valence-corrected chi connectivity index (χ3v) is 3.54. The Morgan fingerprint density at radius 3 is 2.67 bits per heavy atom. The lowest BCUT2D eigenvalue weighted by Crippen LogP contribution is -2.06. The molecule has 0 atom stereocenters. The molecule has 0 saturated carbocycles. The second-order valence-corrected chi connectivity index (χ2v) is 4.91. The van der Waals surface area contributed by atoms with Crippen LogP contribution in [-0.4, -0.2) is 12.0 Å². The molecule has 0 aliphatic heterocycles. The van der Waals surface area contributed by atoms with Crippen LogP contribution in [0.25, 0.3) is 0 Å². The Morgan fingerprint density at radius 2 is 2.00 bits per heavy atom. The summed E-state index contributed by atoms with van der Waals surface area (Å²) >= 11 is 6.16. The minimum atomic E-state index is -0.404. The van der Waals surface area contributed by atoms with E-state index >= 15 is 0 Å². The summed E-state index contributed by atoms with van der Waals surface area (Å²) in [6.07, 6.45) is 0. The van der Waals surface area contributed by atoms with Crippen molar-refractivity contribution in [3.63, 3.8) is 0 Å². The Balaban J connectivity index is 2.31. The zero-order chi connectivity index (χ0) is 15.4. The van der Waals surface area contributed by atoms with E-state index in [9.17, 15) is 10.1 Å². The second-order valence-electron chi connectivity index (χ2n) is 4.50. The van der Waals surface area contributed by atoms with E-state index < -0.39 is 4.92 Å².